The summed E-state index contributed by atoms with van der Waals surface area (Å²) in [6.07, 6.45) is 1.47. The Morgan fingerprint density at radius 1 is 1.14 bits per heavy atom. The highest BCUT2D eigenvalue weighted by Crippen LogP contribution is 2.79. The van der Waals surface area contributed by atoms with Crippen molar-refractivity contribution in [2.45, 2.75) is 31.7 Å². The topological polar surface area (TPSA) is 82.1 Å². The Bertz CT molecular complexity index is 926. The van der Waals surface area contributed by atoms with Gasteiger partial charge in [0.15, 0.2) is 11.5 Å². The Kier molecular flexibility index (Phi) is 3.44. The third kappa shape index (κ3) is 1.65. The van der Waals surface area contributed by atoms with Gasteiger partial charge in [-0.2, -0.15) is 0 Å². The van der Waals surface area contributed by atoms with Gasteiger partial charge in [-0.3, -0.25) is 14.4 Å². The van der Waals surface area contributed by atoms with E-state index in [0.29, 0.717) is 37.3 Å². The molecule has 1 amide bonds. The molecule has 28 heavy (non-hydrogen) atoms. The highest BCUT2D eigenvalue weighted by atomic mass is 16.5. The summed E-state index contributed by atoms with van der Waals surface area (Å²) in [7, 11) is 3.15. The Morgan fingerprint density at radius 2 is 1.86 bits per heavy atom. The van der Waals surface area contributed by atoms with Gasteiger partial charge in [0.2, 0.25) is 5.91 Å². The van der Waals surface area contributed by atoms with E-state index >= 15 is 0 Å². The van der Waals surface area contributed by atoms with Gasteiger partial charge < -0.3 is 19.1 Å². The molecule has 0 aromatic heterocycles. The number of ketones is 1. The van der Waals surface area contributed by atoms with E-state index in [1.807, 2.05) is 17.0 Å². The lowest BCUT2D eigenvalue weighted by Crippen LogP contribution is -2.59. The lowest BCUT2D eigenvalue weighted by molar-refractivity contribution is -0.163. The van der Waals surface area contributed by atoms with Crippen LogP contribution in [0.1, 0.15) is 30.9 Å². The van der Waals surface area contributed by atoms with E-state index in [9.17, 15) is 14.4 Å². The monoisotopic (exact) mass is 385 g/mol. The van der Waals surface area contributed by atoms with Gasteiger partial charge in [0.25, 0.3) is 0 Å². The van der Waals surface area contributed by atoms with Crippen molar-refractivity contribution in [3.8, 4) is 11.5 Å². The van der Waals surface area contributed by atoms with E-state index in [4.69, 9.17) is 14.2 Å². The summed E-state index contributed by atoms with van der Waals surface area (Å²) in [5.74, 6) is -0.492. The molecule has 1 spiro atoms. The van der Waals surface area contributed by atoms with Crippen LogP contribution >= 0.6 is 0 Å². The number of hydrogen-bond acceptors (Lipinski definition) is 6. The zero-order chi connectivity index (χ0) is 19.8. The number of esters is 1. The van der Waals surface area contributed by atoms with Crippen molar-refractivity contribution in [3.05, 3.63) is 23.3 Å². The predicted octanol–water partition coefficient (Wildman–Crippen LogP) is 1.46. The van der Waals surface area contributed by atoms with Gasteiger partial charge in [-0.1, -0.05) is 0 Å². The third-order valence-corrected chi connectivity index (χ3v) is 7.24. The van der Waals surface area contributed by atoms with Gasteiger partial charge in [0, 0.05) is 13.0 Å². The fourth-order valence-corrected chi connectivity index (χ4v) is 6.28. The minimum absolute atomic E-state index is 0.00396. The summed E-state index contributed by atoms with van der Waals surface area (Å²) < 4.78 is 16.4. The van der Waals surface area contributed by atoms with E-state index in [1.54, 1.807) is 21.1 Å². The van der Waals surface area contributed by atoms with Crippen molar-refractivity contribution in [1.29, 1.82) is 0 Å². The van der Waals surface area contributed by atoms with E-state index in [0.717, 1.165) is 11.1 Å². The maximum absolute atomic E-state index is 13.2. The molecule has 0 N–H and O–H groups in total. The van der Waals surface area contributed by atoms with Crippen molar-refractivity contribution in [3.63, 3.8) is 0 Å². The molecule has 1 aromatic rings. The van der Waals surface area contributed by atoms with Crippen LogP contribution < -0.4 is 9.47 Å². The lowest BCUT2D eigenvalue weighted by atomic mass is 9.64. The van der Waals surface area contributed by atoms with Crippen LogP contribution in [0.4, 0.5) is 0 Å². The van der Waals surface area contributed by atoms with Gasteiger partial charge in [-0.25, -0.2) is 0 Å². The average molecular weight is 385 g/mol. The maximum Gasteiger partial charge on any atom is 0.316 e. The number of ether oxygens (including phenoxy) is 3. The Labute approximate surface area is 162 Å². The second-order valence-electron chi connectivity index (χ2n) is 7.98. The summed E-state index contributed by atoms with van der Waals surface area (Å²) in [6.45, 7) is 2.50. The first-order valence-corrected chi connectivity index (χ1v) is 9.75. The Hall–Kier alpha value is -2.57. The third-order valence-electron chi connectivity index (χ3n) is 7.24. The number of hydrogen-bond donors (Lipinski definition) is 0. The van der Waals surface area contributed by atoms with Crippen molar-refractivity contribution in [2.24, 2.45) is 17.3 Å². The largest absolute Gasteiger partial charge is 0.493 e. The molecule has 7 heteroatoms. The molecule has 2 unspecified atom stereocenters. The standard InChI is InChI=1S/C21H23NO6/c1-4-28-19(25)21-16-13(23)5-7-20(21)12-10-15(27-3)14(26-2)9-11(12)6-8-22(20)18(24)17(16)21/h9-10,16-17H,4-8H2,1-3H3/t16?,17?,20-,21-/m1/s1. The van der Waals surface area contributed by atoms with E-state index < -0.39 is 28.8 Å². The zero-order valence-corrected chi connectivity index (χ0v) is 16.2. The Balaban J connectivity index is 1.78. The molecule has 0 radical (unpaired) electrons. The molecule has 3 fully saturated rings. The van der Waals surface area contributed by atoms with Crippen LogP contribution in [0, 0.1) is 17.3 Å². The summed E-state index contributed by atoms with van der Waals surface area (Å²) >= 11 is 0. The molecule has 4 aliphatic rings. The highest BCUT2D eigenvalue weighted by Gasteiger charge is 2.92. The van der Waals surface area contributed by atoms with Gasteiger partial charge in [0.05, 0.1) is 38.2 Å². The molecule has 1 saturated heterocycles. The number of Topliss-reactive ketones (excluding diaryl/α,β-unsaturated/α-hetero) is 1. The number of piperidine rings is 1. The number of fused-ring (bicyclic) bond motifs is 2. The first-order chi connectivity index (χ1) is 13.5. The molecule has 2 heterocycles. The number of carbonyl (C=O) groups is 3. The SMILES string of the molecule is CCOC(=O)[C@]12C3C(=O)CC[C@@]14c1cc(OC)c(OC)cc1CCN4C(=O)C32. The van der Waals surface area contributed by atoms with Crippen molar-refractivity contribution >= 4 is 17.7 Å². The zero-order valence-electron chi connectivity index (χ0n) is 16.2. The maximum atomic E-state index is 13.2. The molecule has 2 saturated carbocycles. The molecule has 5 rings (SSSR count). The molecule has 0 bridgehead atoms. The van der Waals surface area contributed by atoms with Crippen molar-refractivity contribution in [2.75, 3.05) is 27.4 Å². The van der Waals surface area contributed by atoms with Crippen molar-refractivity contribution < 1.29 is 28.6 Å². The fourth-order valence-electron chi connectivity index (χ4n) is 6.28. The van der Waals surface area contributed by atoms with Gasteiger partial charge in [-0.15, -0.1) is 0 Å². The normalized spacial score (nSPS) is 34.3. The number of benzene rings is 1. The van der Waals surface area contributed by atoms with Gasteiger partial charge in [0.1, 0.15) is 11.2 Å². The molecule has 2 aliphatic heterocycles. The summed E-state index contributed by atoms with van der Waals surface area (Å²) in [6, 6.07) is 3.83. The molecular formula is C21H23NO6. The summed E-state index contributed by atoms with van der Waals surface area (Å²) in [4.78, 5) is 41.0. The van der Waals surface area contributed by atoms with Crippen LogP contribution in [-0.2, 0) is 31.1 Å². The highest BCUT2D eigenvalue weighted by molar-refractivity contribution is 6.10. The van der Waals surface area contributed by atoms with Crippen molar-refractivity contribution in [1.82, 2.24) is 4.90 Å². The van der Waals surface area contributed by atoms with E-state index in [-0.39, 0.29) is 18.3 Å². The minimum atomic E-state index is -1.11. The number of nitrogens with zero attached hydrogens (tertiary/aromatic N) is 1. The van der Waals surface area contributed by atoms with Gasteiger partial charge in [-0.05, 0) is 43.0 Å². The minimum Gasteiger partial charge on any atom is -0.493 e. The second kappa shape index (κ2) is 5.49. The Morgan fingerprint density at radius 3 is 2.54 bits per heavy atom. The van der Waals surface area contributed by atoms with Crippen LogP contribution in [0.5, 0.6) is 11.5 Å². The molecule has 2 aliphatic carbocycles. The van der Waals surface area contributed by atoms with Crippen LogP contribution in [0.15, 0.2) is 12.1 Å². The molecule has 7 nitrogen and oxygen atoms in total. The second-order valence-corrected chi connectivity index (χ2v) is 7.98. The predicted molar refractivity (Wildman–Crippen MR) is 96.9 cm³/mol. The van der Waals surface area contributed by atoms with E-state index in [1.165, 1.54) is 0 Å². The smallest absolute Gasteiger partial charge is 0.316 e. The molecule has 4 atom stereocenters. The summed E-state index contributed by atoms with van der Waals surface area (Å²) in [5.41, 5.74) is -0.0157. The lowest BCUT2D eigenvalue weighted by Gasteiger charge is -2.51. The summed E-state index contributed by atoms with van der Waals surface area (Å²) in [5, 5.41) is 0. The van der Waals surface area contributed by atoms with Crippen LogP contribution in [0.25, 0.3) is 0 Å². The first-order valence-electron chi connectivity index (χ1n) is 9.75. The van der Waals surface area contributed by atoms with Gasteiger partial charge >= 0.3 is 5.97 Å². The molecule has 1 aromatic carbocycles. The number of amides is 1. The van der Waals surface area contributed by atoms with Crippen LogP contribution in [0.3, 0.4) is 0 Å². The van der Waals surface area contributed by atoms with Crippen LogP contribution in [-0.4, -0.2) is 49.9 Å². The fraction of sp³-hybridized carbons (Fsp3) is 0.571. The number of methoxy groups -OCH3 is 2. The molecular weight excluding hydrogens is 362 g/mol. The first kappa shape index (κ1) is 17.5. The van der Waals surface area contributed by atoms with E-state index in [2.05, 4.69) is 0 Å². The average Bonchev–Trinajstić information content (AvgIpc) is 3.37. The quantitative estimate of drug-likeness (QED) is 0.730. The number of rotatable bonds is 4. The molecule has 148 valence electrons. The van der Waals surface area contributed by atoms with Crippen LogP contribution in [0.2, 0.25) is 0 Å². The number of carbonyl (C=O) groups excluding carboxylic acids is 3.